The maximum atomic E-state index is 3.49. The van der Waals surface area contributed by atoms with Crippen molar-refractivity contribution < 1.29 is 0 Å². The van der Waals surface area contributed by atoms with Crippen molar-refractivity contribution in [1.29, 1.82) is 0 Å². The number of nitrogens with one attached hydrogen (secondary N) is 1. The van der Waals surface area contributed by atoms with Gasteiger partial charge in [-0.15, -0.1) is 0 Å². The fraction of sp³-hybridized carbons (Fsp3) is 0.400. The van der Waals surface area contributed by atoms with Crippen LogP contribution < -0.4 is 4.72 Å². The van der Waals surface area contributed by atoms with Crippen LogP contribution in [-0.4, -0.2) is 6.54 Å². The minimum absolute atomic E-state index is 0.731. The Bertz CT molecular complexity index is 314. The van der Waals surface area contributed by atoms with Crippen molar-refractivity contribution in [3.8, 4) is 0 Å². The van der Waals surface area contributed by atoms with Gasteiger partial charge in [-0.05, 0) is 42.0 Å². The summed E-state index contributed by atoms with van der Waals surface area (Å²) in [6, 6.07) is 6.53. The van der Waals surface area contributed by atoms with Gasteiger partial charge in [0.25, 0.3) is 0 Å². The van der Waals surface area contributed by atoms with E-state index in [0.717, 1.165) is 16.9 Å². The molecule has 1 unspecified atom stereocenters. The van der Waals surface area contributed by atoms with Gasteiger partial charge in [0.15, 0.2) is 0 Å². The molecule has 1 aromatic rings. The van der Waals surface area contributed by atoms with Crippen LogP contribution in [0.3, 0.4) is 0 Å². The van der Waals surface area contributed by atoms with E-state index in [1.165, 1.54) is 16.9 Å². The largest absolute Gasteiger partial charge is 0.260 e. The molecule has 1 aliphatic heterocycles. The SMILES string of the molecule is CC1CNSc2cc(Br)ccc2C1. The number of halogens is 1. The highest BCUT2D eigenvalue weighted by Crippen LogP contribution is 2.28. The van der Waals surface area contributed by atoms with Gasteiger partial charge in [0.05, 0.1) is 0 Å². The first-order valence-corrected chi connectivity index (χ1v) is 6.05. The third-order valence-corrected chi connectivity index (χ3v) is 3.62. The van der Waals surface area contributed by atoms with Crippen LogP contribution >= 0.6 is 27.9 Å². The van der Waals surface area contributed by atoms with Gasteiger partial charge < -0.3 is 0 Å². The molecule has 0 aliphatic carbocycles. The van der Waals surface area contributed by atoms with E-state index in [4.69, 9.17) is 0 Å². The summed E-state index contributed by atoms with van der Waals surface area (Å²) >= 11 is 5.24. The second-order valence-corrected chi connectivity index (χ2v) is 5.36. The summed E-state index contributed by atoms with van der Waals surface area (Å²) in [7, 11) is 0. The lowest BCUT2D eigenvalue weighted by Gasteiger charge is -2.06. The van der Waals surface area contributed by atoms with Crippen LogP contribution in [0.15, 0.2) is 27.6 Å². The van der Waals surface area contributed by atoms with Gasteiger partial charge in [-0.2, -0.15) is 0 Å². The number of hydrogen-bond acceptors (Lipinski definition) is 2. The van der Waals surface area contributed by atoms with E-state index >= 15 is 0 Å². The van der Waals surface area contributed by atoms with Crippen LogP contribution in [0.4, 0.5) is 0 Å². The summed E-state index contributed by atoms with van der Waals surface area (Å²) in [6.45, 7) is 3.38. The Morgan fingerprint density at radius 2 is 2.38 bits per heavy atom. The van der Waals surface area contributed by atoms with E-state index in [2.05, 4.69) is 45.8 Å². The van der Waals surface area contributed by atoms with E-state index in [-0.39, 0.29) is 0 Å². The number of rotatable bonds is 0. The minimum atomic E-state index is 0.731. The van der Waals surface area contributed by atoms with Gasteiger partial charge in [-0.1, -0.05) is 28.9 Å². The minimum Gasteiger partial charge on any atom is -0.260 e. The first kappa shape index (κ1) is 9.56. The fourth-order valence-electron chi connectivity index (χ4n) is 1.50. The third kappa shape index (κ3) is 2.27. The molecule has 0 spiro atoms. The number of fused-ring (bicyclic) bond motifs is 1. The molecule has 1 N–H and O–H groups in total. The lowest BCUT2D eigenvalue weighted by atomic mass is 10.0. The lowest BCUT2D eigenvalue weighted by molar-refractivity contribution is 0.578. The second kappa shape index (κ2) is 4.03. The molecule has 0 saturated carbocycles. The van der Waals surface area contributed by atoms with Gasteiger partial charge in [-0.25, -0.2) is 0 Å². The van der Waals surface area contributed by atoms with Gasteiger partial charge in [0, 0.05) is 15.9 Å². The summed E-state index contributed by atoms with van der Waals surface area (Å²) in [4.78, 5) is 1.36. The molecule has 1 heterocycles. The zero-order valence-corrected chi connectivity index (χ0v) is 9.91. The van der Waals surface area contributed by atoms with Crippen molar-refractivity contribution in [3.05, 3.63) is 28.2 Å². The van der Waals surface area contributed by atoms with Gasteiger partial charge in [-0.3, -0.25) is 4.72 Å². The van der Waals surface area contributed by atoms with Crippen molar-refractivity contribution in [3.63, 3.8) is 0 Å². The first-order valence-electron chi connectivity index (χ1n) is 4.44. The highest BCUT2D eigenvalue weighted by molar-refractivity contribution is 9.10. The normalized spacial score (nSPS) is 22.2. The molecule has 3 heteroatoms. The summed E-state index contributed by atoms with van der Waals surface area (Å²) in [6.07, 6.45) is 1.18. The third-order valence-electron chi connectivity index (χ3n) is 2.21. The molecule has 1 atom stereocenters. The molecule has 2 rings (SSSR count). The maximum Gasteiger partial charge on any atom is 0.0271 e. The quantitative estimate of drug-likeness (QED) is 0.717. The first-order chi connectivity index (χ1) is 6.25. The Balaban J connectivity index is 2.34. The van der Waals surface area contributed by atoms with Crippen LogP contribution in [-0.2, 0) is 6.42 Å². The average molecular weight is 258 g/mol. The summed E-state index contributed by atoms with van der Waals surface area (Å²) in [5.41, 5.74) is 1.46. The van der Waals surface area contributed by atoms with Crippen molar-refractivity contribution in [2.24, 2.45) is 5.92 Å². The molecule has 0 fully saturated rings. The van der Waals surface area contributed by atoms with Crippen LogP contribution in [0.5, 0.6) is 0 Å². The Labute approximate surface area is 91.6 Å². The van der Waals surface area contributed by atoms with Crippen LogP contribution in [0.2, 0.25) is 0 Å². The summed E-state index contributed by atoms with van der Waals surface area (Å²) in [5.74, 6) is 0.731. The molecule has 0 aromatic heterocycles. The highest BCUT2D eigenvalue weighted by Gasteiger charge is 2.13. The standard InChI is InChI=1S/C10H12BrNS/c1-7-4-8-2-3-9(11)5-10(8)13-12-6-7/h2-3,5,7,12H,4,6H2,1H3. The summed E-state index contributed by atoms with van der Waals surface area (Å²) in [5, 5.41) is 0. The van der Waals surface area contributed by atoms with Crippen LogP contribution in [0, 0.1) is 5.92 Å². The molecule has 1 nitrogen and oxygen atoms in total. The van der Waals surface area contributed by atoms with E-state index in [1.54, 1.807) is 11.9 Å². The molecule has 13 heavy (non-hydrogen) atoms. The van der Waals surface area contributed by atoms with E-state index in [1.807, 2.05) is 0 Å². The molecule has 1 aromatic carbocycles. The number of benzene rings is 1. The molecule has 0 radical (unpaired) electrons. The Morgan fingerprint density at radius 3 is 3.23 bits per heavy atom. The number of hydrogen-bond donors (Lipinski definition) is 1. The van der Waals surface area contributed by atoms with E-state index in [0.29, 0.717) is 0 Å². The van der Waals surface area contributed by atoms with E-state index < -0.39 is 0 Å². The van der Waals surface area contributed by atoms with Crippen molar-refractivity contribution in [2.75, 3.05) is 6.54 Å². The van der Waals surface area contributed by atoms with Crippen molar-refractivity contribution in [2.45, 2.75) is 18.2 Å². The topological polar surface area (TPSA) is 12.0 Å². The highest BCUT2D eigenvalue weighted by atomic mass is 79.9. The van der Waals surface area contributed by atoms with Crippen molar-refractivity contribution >= 4 is 27.9 Å². The Hall–Kier alpha value is 0.01000. The molecule has 0 saturated heterocycles. The van der Waals surface area contributed by atoms with Gasteiger partial charge in [0.1, 0.15) is 0 Å². The Morgan fingerprint density at radius 1 is 1.54 bits per heavy atom. The monoisotopic (exact) mass is 257 g/mol. The zero-order chi connectivity index (χ0) is 9.26. The van der Waals surface area contributed by atoms with E-state index in [9.17, 15) is 0 Å². The fourth-order valence-corrected chi connectivity index (χ4v) is 3.01. The molecule has 1 aliphatic rings. The van der Waals surface area contributed by atoms with Crippen LogP contribution in [0.25, 0.3) is 0 Å². The van der Waals surface area contributed by atoms with Crippen molar-refractivity contribution in [1.82, 2.24) is 4.72 Å². The smallest absolute Gasteiger partial charge is 0.0271 e. The molecule has 0 amide bonds. The Kier molecular flexibility index (Phi) is 2.96. The zero-order valence-electron chi connectivity index (χ0n) is 7.51. The lowest BCUT2D eigenvalue weighted by Crippen LogP contribution is -2.12. The average Bonchev–Trinajstić information content (AvgIpc) is 2.25. The van der Waals surface area contributed by atoms with Gasteiger partial charge in [0.2, 0.25) is 0 Å². The van der Waals surface area contributed by atoms with Crippen LogP contribution in [0.1, 0.15) is 12.5 Å². The summed E-state index contributed by atoms with van der Waals surface area (Å²) < 4.78 is 4.54. The molecular formula is C10H12BrNS. The molecular weight excluding hydrogens is 246 g/mol. The van der Waals surface area contributed by atoms with Gasteiger partial charge >= 0.3 is 0 Å². The molecule has 0 bridgehead atoms. The predicted octanol–water partition coefficient (Wildman–Crippen LogP) is 3.24. The predicted molar refractivity (Wildman–Crippen MR) is 60.9 cm³/mol. The second-order valence-electron chi connectivity index (χ2n) is 3.51. The maximum absolute atomic E-state index is 3.49. The molecule has 70 valence electrons.